The normalized spacial score (nSPS) is 14.0. The summed E-state index contributed by atoms with van der Waals surface area (Å²) in [7, 11) is 1.54. The van der Waals surface area contributed by atoms with Crippen LogP contribution in [0.3, 0.4) is 0 Å². The fourth-order valence-electron chi connectivity index (χ4n) is 2.26. The van der Waals surface area contributed by atoms with Gasteiger partial charge in [0.05, 0.1) is 26.7 Å². The van der Waals surface area contributed by atoms with Crippen LogP contribution < -0.4 is 14.8 Å². The number of nitrogens with zero attached hydrogens (tertiary/aromatic N) is 2. The van der Waals surface area contributed by atoms with Gasteiger partial charge in [-0.25, -0.2) is 4.98 Å². The van der Waals surface area contributed by atoms with Crippen molar-refractivity contribution in [1.82, 2.24) is 15.2 Å². The number of aromatic nitrogens is 1. The van der Waals surface area contributed by atoms with Crippen LogP contribution in [0.1, 0.15) is 10.4 Å². The summed E-state index contributed by atoms with van der Waals surface area (Å²) >= 11 is 1.42. The van der Waals surface area contributed by atoms with Crippen LogP contribution in [-0.4, -0.2) is 54.5 Å². The Bertz CT molecular complexity index is 714. The van der Waals surface area contributed by atoms with E-state index in [9.17, 15) is 9.59 Å². The van der Waals surface area contributed by atoms with Gasteiger partial charge in [0.2, 0.25) is 5.91 Å². The summed E-state index contributed by atoms with van der Waals surface area (Å²) in [5, 5.41) is 5.07. The van der Waals surface area contributed by atoms with Gasteiger partial charge in [0.1, 0.15) is 11.9 Å². The molecule has 1 aromatic heterocycles. The predicted molar refractivity (Wildman–Crippen MR) is 88.4 cm³/mol. The number of carbonyl (C=O) groups is 2. The maximum absolute atomic E-state index is 12.1. The van der Waals surface area contributed by atoms with Crippen LogP contribution >= 0.6 is 11.3 Å². The lowest BCUT2D eigenvalue weighted by atomic mass is 10.1. The first-order valence-electron chi connectivity index (χ1n) is 7.42. The third-order valence-corrected chi connectivity index (χ3v) is 4.27. The van der Waals surface area contributed by atoms with Crippen LogP contribution in [0.25, 0.3) is 0 Å². The van der Waals surface area contributed by atoms with Crippen molar-refractivity contribution in [3.8, 4) is 10.9 Å². The largest absolute Gasteiger partial charge is 0.497 e. The van der Waals surface area contributed by atoms with E-state index in [0.717, 1.165) is 0 Å². The first kappa shape index (κ1) is 16.3. The van der Waals surface area contributed by atoms with Crippen LogP contribution in [0.4, 0.5) is 0 Å². The second-order valence-electron chi connectivity index (χ2n) is 5.25. The highest BCUT2D eigenvalue weighted by atomic mass is 32.1. The molecule has 8 heteroatoms. The van der Waals surface area contributed by atoms with Gasteiger partial charge in [0.25, 0.3) is 11.1 Å². The third-order valence-electron chi connectivity index (χ3n) is 3.61. The molecule has 0 spiro atoms. The highest BCUT2D eigenvalue weighted by Gasteiger charge is 2.32. The molecule has 1 N–H and O–H groups in total. The molecule has 2 amide bonds. The molecule has 0 radical (unpaired) electrons. The monoisotopic (exact) mass is 347 g/mol. The quantitative estimate of drug-likeness (QED) is 0.848. The molecule has 1 aliphatic rings. The Balaban J connectivity index is 1.42. The van der Waals surface area contributed by atoms with E-state index >= 15 is 0 Å². The fraction of sp³-hybridized carbons (Fsp3) is 0.312. The van der Waals surface area contributed by atoms with Gasteiger partial charge in [-0.3, -0.25) is 9.59 Å². The van der Waals surface area contributed by atoms with Crippen LogP contribution in [0.2, 0.25) is 0 Å². The molecule has 24 heavy (non-hydrogen) atoms. The van der Waals surface area contributed by atoms with E-state index in [1.807, 2.05) is 5.38 Å². The van der Waals surface area contributed by atoms with Crippen molar-refractivity contribution in [2.75, 3.05) is 26.7 Å². The lowest BCUT2D eigenvalue weighted by Gasteiger charge is -2.38. The van der Waals surface area contributed by atoms with Crippen LogP contribution in [0, 0.1) is 0 Å². The van der Waals surface area contributed by atoms with Crippen molar-refractivity contribution in [3.63, 3.8) is 0 Å². The molecular formula is C16H17N3O4S. The Labute approximate surface area is 143 Å². The molecule has 1 aromatic carbocycles. The molecule has 0 aliphatic carbocycles. The first-order chi connectivity index (χ1) is 11.7. The van der Waals surface area contributed by atoms with E-state index in [1.54, 1.807) is 35.4 Å². The molecule has 0 unspecified atom stereocenters. The number of nitrogens with one attached hydrogen (secondary N) is 1. The van der Waals surface area contributed by atoms with Gasteiger partial charge in [-0.1, -0.05) is 17.4 Å². The third kappa shape index (κ3) is 3.83. The Morgan fingerprint density at radius 3 is 2.96 bits per heavy atom. The van der Waals surface area contributed by atoms with Crippen molar-refractivity contribution >= 4 is 23.2 Å². The number of rotatable bonds is 6. The Hall–Kier alpha value is -2.61. The summed E-state index contributed by atoms with van der Waals surface area (Å²) in [6.07, 6.45) is 1.64. The molecule has 0 saturated carbocycles. The minimum atomic E-state index is -0.307. The van der Waals surface area contributed by atoms with Gasteiger partial charge >= 0.3 is 0 Å². The van der Waals surface area contributed by atoms with Crippen molar-refractivity contribution in [1.29, 1.82) is 0 Å². The van der Waals surface area contributed by atoms with Gasteiger partial charge in [0.15, 0.2) is 0 Å². The number of thiazole rings is 1. The fourth-order valence-corrected chi connectivity index (χ4v) is 2.81. The van der Waals surface area contributed by atoms with Crippen molar-refractivity contribution < 1.29 is 19.1 Å². The zero-order valence-corrected chi connectivity index (χ0v) is 13.9. The molecule has 1 saturated heterocycles. The number of benzene rings is 1. The van der Waals surface area contributed by atoms with Gasteiger partial charge < -0.3 is 19.7 Å². The molecule has 2 heterocycles. The van der Waals surface area contributed by atoms with E-state index in [2.05, 4.69) is 10.3 Å². The lowest BCUT2D eigenvalue weighted by Crippen LogP contribution is -2.58. The smallest absolute Gasteiger partial charge is 0.273 e. The summed E-state index contributed by atoms with van der Waals surface area (Å²) in [6, 6.07) is 6.78. The van der Waals surface area contributed by atoms with Gasteiger partial charge in [-0.15, -0.1) is 0 Å². The number of amides is 2. The summed E-state index contributed by atoms with van der Waals surface area (Å²) < 4.78 is 10.7. The van der Waals surface area contributed by atoms with Gasteiger partial charge in [0, 0.05) is 17.1 Å². The number of hydrogen-bond donors (Lipinski definition) is 1. The molecule has 1 aliphatic heterocycles. The average molecular weight is 347 g/mol. The average Bonchev–Trinajstić information content (AvgIpc) is 3.08. The minimum Gasteiger partial charge on any atom is -0.497 e. The van der Waals surface area contributed by atoms with E-state index in [-0.39, 0.29) is 24.5 Å². The molecule has 7 nitrogen and oxygen atoms in total. The van der Waals surface area contributed by atoms with Crippen molar-refractivity contribution in [2.24, 2.45) is 0 Å². The Morgan fingerprint density at radius 1 is 1.42 bits per heavy atom. The molecule has 0 bridgehead atoms. The highest BCUT2D eigenvalue weighted by Crippen LogP contribution is 2.20. The standard InChI is InChI=1S/C16H17N3O4S/c1-22-12-4-2-3-11(7-12)15(21)18-8-14(20)19-9-13(10-19)23-16-17-5-6-24-16/h2-7,13H,8-10H2,1H3,(H,18,21). The number of methoxy groups -OCH3 is 1. The molecule has 1 fully saturated rings. The summed E-state index contributed by atoms with van der Waals surface area (Å²) in [6.45, 7) is 0.973. The van der Waals surface area contributed by atoms with Crippen molar-refractivity contribution in [3.05, 3.63) is 41.4 Å². The molecule has 3 rings (SSSR count). The van der Waals surface area contributed by atoms with Gasteiger partial charge in [-0.2, -0.15) is 0 Å². The number of ether oxygens (including phenoxy) is 2. The van der Waals surface area contributed by atoms with Gasteiger partial charge in [-0.05, 0) is 18.2 Å². The highest BCUT2D eigenvalue weighted by molar-refractivity contribution is 7.11. The molecule has 0 atom stereocenters. The lowest BCUT2D eigenvalue weighted by molar-refractivity contribution is -0.138. The zero-order chi connectivity index (χ0) is 16.9. The van der Waals surface area contributed by atoms with E-state index < -0.39 is 0 Å². The molecule has 2 aromatic rings. The summed E-state index contributed by atoms with van der Waals surface area (Å²) in [5.41, 5.74) is 0.454. The number of likely N-dealkylation sites (tertiary alicyclic amines) is 1. The molecule has 126 valence electrons. The first-order valence-corrected chi connectivity index (χ1v) is 8.30. The minimum absolute atomic E-state index is 0.0332. The number of carbonyl (C=O) groups excluding carboxylic acids is 2. The second-order valence-corrected chi connectivity index (χ2v) is 6.11. The van der Waals surface area contributed by atoms with E-state index in [0.29, 0.717) is 29.6 Å². The zero-order valence-electron chi connectivity index (χ0n) is 13.1. The Morgan fingerprint density at radius 2 is 2.25 bits per heavy atom. The predicted octanol–water partition coefficient (Wildman–Crippen LogP) is 1.17. The SMILES string of the molecule is COc1cccc(C(=O)NCC(=O)N2CC(Oc3nccs3)C2)c1. The van der Waals surface area contributed by atoms with Crippen molar-refractivity contribution in [2.45, 2.75) is 6.10 Å². The summed E-state index contributed by atoms with van der Waals surface area (Å²) in [4.78, 5) is 29.8. The second kappa shape index (κ2) is 7.31. The van der Waals surface area contributed by atoms with E-state index in [4.69, 9.17) is 9.47 Å². The Kier molecular flexibility index (Phi) is 4.95. The maximum Gasteiger partial charge on any atom is 0.273 e. The van der Waals surface area contributed by atoms with Crippen LogP contribution in [0.5, 0.6) is 10.9 Å². The molecular weight excluding hydrogens is 330 g/mol. The van der Waals surface area contributed by atoms with Crippen LogP contribution in [0.15, 0.2) is 35.8 Å². The topological polar surface area (TPSA) is 80.8 Å². The van der Waals surface area contributed by atoms with Crippen LogP contribution in [-0.2, 0) is 4.79 Å². The summed E-state index contributed by atoms with van der Waals surface area (Å²) in [5.74, 6) is 0.155. The van der Waals surface area contributed by atoms with E-state index in [1.165, 1.54) is 18.4 Å². The number of hydrogen-bond acceptors (Lipinski definition) is 6. The maximum atomic E-state index is 12.1.